The average molecular weight is 314 g/mol. The predicted molar refractivity (Wildman–Crippen MR) is 82.6 cm³/mol. The molecule has 0 aromatic carbocycles. The van der Waals surface area contributed by atoms with Crippen LogP contribution in [0.5, 0.6) is 0 Å². The number of nitrogens with one attached hydrogen (secondary N) is 1. The summed E-state index contributed by atoms with van der Waals surface area (Å²) in [6.45, 7) is 5.84. The van der Waals surface area contributed by atoms with Crippen LogP contribution in [0.2, 0.25) is 0 Å². The van der Waals surface area contributed by atoms with Gasteiger partial charge in [0.05, 0.1) is 6.20 Å². The third kappa shape index (κ3) is 4.05. The second kappa shape index (κ2) is 6.89. The first-order valence-corrected chi connectivity index (χ1v) is 9.09. The van der Waals surface area contributed by atoms with Crippen LogP contribution in [0.1, 0.15) is 39.5 Å². The van der Waals surface area contributed by atoms with E-state index in [1.807, 2.05) is 0 Å². The van der Waals surface area contributed by atoms with Crippen molar-refractivity contribution >= 4 is 10.0 Å². The average Bonchev–Trinajstić information content (AvgIpc) is 2.81. The lowest BCUT2D eigenvalue weighted by atomic mass is 9.94. The summed E-state index contributed by atoms with van der Waals surface area (Å²) in [5.74, 6) is 0. The SMILES string of the molecule is CC(C)NCCCn1cc(S(=O)(=O)N(C)C2CCC2)cn1. The summed E-state index contributed by atoms with van der Waals surface area (Å²) in [7, 11) is -1.72. The zero-order valence-corrected chi connectivity index (χ0v) is 13.9. The van der Waals surface area contributed by atoms with Gasteiger partial charge in [0, 0.05) is 31.9 Å². The van der Waals surface area contributed by atoms with Gasteiger partial charge in [-0.25, -0.2) is 8.42 Å². The van der Waals surface area contributed by atoms with E-state index >= 15 is 0 Å². The molecule has 0 spiro atoms. The maximum Gasteiger partial charge on any atom is 0.246 e. The summed E-state index contributed by atoms with van der Waals surface area (Å²) in [4.78, 5) is 0.300. The molecule has 0 saturated heterocycles. The first kappa shape index (κ1) is 16.5. The minimum absolute atomic E-state index is 0.161. The number of aryl methyl sites for hydroxylation is 1. The smallest absolute Gasteiger partial charge is 0.246 e. The molecule has 1 aromatic rings. The standard InChI is InChI=1S/C14H26N4O2S/c1-12(2)15-8-5-9-18-11-14(10-16-18)21(19,20)17(3)13-6-4-7-13/h10-13,15H,4-9H2,1-3H3. The molecule has 21 heavy (non-hydrogen) atoms. The van der Waals surface area contributed by atoms with Crippen LogP contribution in [0.4, 0.5) is 0 Å². The van der Waals surface area contributed by atoms with Crippen LogP contribution in [0.3, 0.4) is 0 Å². The highest BCUT2D eigenvalue weighted by Gasteiger charge is 2.32. The molecule has 1 aromatic heterocycles. The van der Waals surface area contributed by atoms with Crippen LogP contribution in [0.25, 0.3) is 0 Å². The number of hydrogen-bond donors (Lipinski definition) is 1. The minimum Gasteiger partial charge on any atom is -0.314 e. The molecule has 1 aliphatic carbocycles. The molecule has 1 heterocycles. The molecule has 1 N–H and O–H groups in total. The molecule has 1 aliphatic rings. The fourth-order valence-electron chi connectivity index (χ4n) is 2.34. The van der Waals surface area contributed by atoms with Gasteiger partial charge in [0.15, 0.2) is 0 Å². The van der Waals surface area contributed by atoms with Crippen molar-refractivity contribution in [2.75, 3.05) is 13.6 Å². The van der Waals surface area contributed by atoms with Crippen molar-refractivity contribution < 1.29 is 8.42 Å². The second-order valence-corrected chi connectivity index (χ2v) is 8.00. The number of aromatic nitrogens is 2. The first-order chi connectivity index (χ1) is 9.91. The van der Waals surface area contributed by atoms with Gasteiger partial charge in [-0.05, 0) is 25.8 Å². The maximum atomic E-state index is 12.5. The van der Waals surface area contributed by atoms with Gasteiger partial charge in [0.1, 0.15) is 4.90 Å². The monoisotopic (exact) mass is 314 g/mol. The van der Waals surface area contributed by atoms with E-state index in [9.17, 15) is 8.42 Å². The van der Waals surface area contributed by atoms with Crippen molar-refractivity contribution in [2.45, 2.75) is 63.1 Å². The lowest BCUT2D eigenvalue weighted by Gasteiger charge is -2.33. The van der Waals surface area contributed by atoms with Gasteiger partial charge < -0.3 is 5.32 Å². The van der Waals surface area contributed by atoms with Gasteiger partial charge in [-0.1, -0.05) is 20.3 Å². The summed E-state index contributed by atoms with van der Waals surface area (Å²) in [5.41, 5.74) is 0. The van der Waals surface area contributed by atoms with Gasteiger partial charge in [-0.2, -0.15) is 9.40 Å². The fraction of sp³-hybridized carbons (Fsp3) is 0.786. The number of nitrogens with zero attached hydrogens (tertiary/aromatic N) is 3. The molecule has 120 valence electrons. The lowest BCUT2D eigenvalue weighted by Crippen LogP contribution is -2.41. The van der Waals surface area contributed by atoms with E-state index in [0.717, 1.165) is 38.8 Å². The third-order valence-electron chi connectivity index (χ3n) is 3.99. The number of hydrogen-bond acceptors (Lipinski definition) is 4. The molecule has 2 rings (SSSR count). The van der Waals surface area contributed by atoms with Crippen molar-refractivity contribution in [2.24, 2.45) is 0 Å². The predicted octanol–water partition coefficient (Wildman–Crippen LogP) is 1.44. The zero-order chi connectivity index (χ0) is 15.5. The zero-order valence-electron chi connectivity index (χ0n) is 13.1. The number of rotatable bonds is 8. The van der Waals surface area contributed by atoms with Crippen molar-refractivity contribution in [1.29, 1.82) is 0 Å². The number of sulfonamides is 1. The molecule has 0 aliphatic heterocycles. The Balaban J connectivity index is 1.92. The largest absolute Gasteiger partial charge is 0.314 e. The summed E-state index contributed by atoms with van der Waals surface area (Å²) in [5, 5.41) is 7.50. The minimum atomic E-state index is -3.39. The maximum absolute atomic E-state index is 12.5. The molecular formula is C14H26N4O2S. The highest BCUT2D eigenvalue weighted by atomic mass is 32.2. The van der Waals surface area contributed by atoms with Crippen molar-refractivity contribution in [1.82, 2.24) is 19.4 Å². The van der Waals surface area contributed by atoms with Crippen LogP contribution in [0, 0.1) is 0 Å². The molecule has 1 fully saturated rings. The molecule has 1 saturated carbocycles. The Labute approximate surface area is 127 Å². The van der Waals surface area contributed by atoms with Gasteiger partial charge in [-0.15, -0.1) is 0 Å². The lowest BCUT2D eigenvalue weighted by molar-refractivity contribution is 0.249. The molecule has 0 unspecified atom stereocenters. The first-order valence-electron chi connectivity index (χ1n) is 7.65. The van der Waals surface area contributed by atoms with E-state index in [1.54, 1.807) is 17.9 Å². The Hall–Kier alpha value is -0.920. The molecule has 7 heteroatoms. The summed E-state index contributed by atoms with van der Waals surface area (Å²) >= 11 is 0. The quantitative estimate of drug-likeness (QED) is 0.737. The van der Waals surface area contributed by atoms with E-state index in [4.69, 9.17) is 0 Å². The Morgan fingerprint density at radius 3 is 2.76 bits per heavy atom. The normalized spacial score (nSPS) is 16.6. The van der Waals surface area contributed by atoms with Crippen molar-refractivity contribution in [3.63, 3.8) is 0 Å². The third-order valence-corrected chi connectivity index (χ3v) is 5.85. The van der Waals surface area contributed by atoms with E-state index in [2.05, 4.69) is 24.3 Å². The topological polar surface area (TPSA) is 67.2 Å². The second-order valence-electron chi connectivity index (χ2n) is 6.01. The molecule has 0 radical (unpaired) electrons. The summed E-state index contributed by atoms with van der Waals surface area (Å²) < 4.78 is 28.1. The van der Waals surface area contributed by atoms with Gasteiger partial charge >= 0.3 is 0 Å². The molecule has 0 bridgehead atoms. The van der Waals surface area contributed by atoms with Crippen LogP contribution in [-0.4, -0.2) is 48.2 Å². The summed E-state index contributed by atoms with van der Waals surface area (Å²) in [6.07, 6.45) is 7.07. The Morgan fingerprint density at radius 2 is 2.19 bits per heavy atom. The van der Waals surface area contributed by atoms with Gasteiger partial charge in [-0.3, -0.25) is 4.68 Å². The molecular weight excluding hydrogens is 288 g/mol. The van der Waals surface area contributed by atoms with E-state index in [-0.39, 0.29) is 6.04 Å². The van der Waals surface area contributed by atoms with E-state index < -0.39 is 10.0 Å². The van der Waals surface area contributed by atoms with Gasteiger partial charge in [0.25, 0.3) is 0 Å². The molecule has 6 nitrogen and oxygen atoms in total. The van der Waals surface area contributed by atoms with Crippen LogP contribution < -0.4 is 5.32 Å². The molecule has 0 atom stereocenters. The van der Waals surface area contributed by atoms with E-state index in [1.165, 1.54) is 10.5 Å². The van der Waals surface area contributed by atoms with Gasteiger partial charge in [0.2, 0.25) is 10.0 Å². The Kier molecular flexibility index (Phi) is 5.40. The Bertz CT molecular complexity index is 549. The Morgan fingerprint density at radius 1 is 1.48 bits per heavy atom. The highest BCUT2D eigenvalue weighted by molar-refractivity contribution is 7.89. The highest BCUT2D eigenvalue weighted by Crippen LogP contribution is 2.28. The van der Waals surface area contributed by atoms with Crippen LogP contribution in [-0.2, 0) is 16.6 Å². The van der Waals surface area contributed by atoms with Crippen molar-refractivity contribution in [3.05, 3.63) is 12.4 Å². The van der Waals surface area contributed by atoms with Crippen molar-refractivity contribution in [3.8, 4) is 0 Å². The van der Waals surface area contributed by atoms with E-state index in [0.29, 0.717) is 10.9 Å². The fourth-order valence-corrected chi connectivity index (χ4v) is 3.72. The molecule has 0 amide bonds. The van der Waals surface area contributed by atoms with Crippen LogP contribution in [0.15, 0.2) is 17.3 Å². The summed E-state index contributed by atoms with van der Waals surface area (Å²) in [6, 6.07) is 0.628. The van der Waals surface area contributed by atoms with Crippen LogP contribution >= 0.6 is 0 Å².